The van der Waals surface area contributed by atoms with E-state index in [4.69, 9.17) is 11.6 Å². The molecule has 1 unspecified atom stereocenters. The quantitative estimate of drug-likeness (QED) is 0.530. The van der Waals surface area contributed by atoms with Gasteiger partial charge in [0, 0.05) is 28.9 Å². The molecule has 2 aromatic carbocycles. The van der Waals surface area contributed by atoms with Crippen LogP contribution in [0.5, 0.6) is 0 Å². The van der Waals surface area contributed by atoms with Crippen LogP contribution in [-0.2, 0) is 11.3 Å². The van der Waals surface area contributed by atoms with Gasteiger partial charge in [0.25, 0.3) is 5.91 Å². The van der Waals surface area contributed by atoms with Crippen LogP contribution in [0.1, 0.15) is 22.3 Å². The van der Waals surface area contributed by atoms with Crippen LogP contribution in [0.2, 0.25) is 5.02 Å². The van der Waals surface area contributed by atoms with Crippen LogP contribution >= 0.6 is 23.4 Å². The summed E-state index contributed by atoms with van der Waals surface area (Å²) in [6.07, 6.45) is 6.08. The number of halogens is 1. The molecular weight excluding hydrogens is 420 g/mol. The monoisotopic (exact) mass is 442 g/mol. The first-order valence-electron chi connectivity index (χ1n) is 9.49. The zero-order valence-corrected chi connectivity index (χ0v) is 18.1. The van der Waals surface area contributed by atoms with Gasteiger partial charge in [-0.2, -0.15) is 16.9 Å². The van der Waals surface area contributed by atoms with Gasteiger partial charge in [-0.3, -0.25) is 9.59 Å². The number of nitrogens with zero attached hydrogens (tertiary/aromatic N) is 2. The summed E-state index contributed by atoms with van der Waals surface area (Å²) in [6.45, 7) is 0.323. The van der Waals surface area contributed by atoms with Crippen LogP contribution in [0.4, 0.5) is 0 Å². The average molecular weight is 443 g/mol. The predicted octanol–water partition coefficient (Wildman–Crippen LogP) is 3.69. The Labute approximate surface area is 185 Å². The molecule has 6 nitrogen and oxygen atoms in total. The third-order valence-electron chi connectivity index (χ3n) is 4.46. The Morgan fingerprint density at radius 2 is 1.87 bits per heavy atom. The van der Waals surface area contributed by atoms with Crippen molar-refractivity contribution in [1.29, 1.82) is 0 Å². The van der Waals surface area contributed by atoms with E-state index >= 15 is 0 Å². The van der Waals surface area contributed by atoms with Crippen molar-refractivity contribution in [2.45, 2.75) is 19.0 Å². The molecule has 0 fully saturated rings. The Hall–Kier alpha value is -2.77. The predicted molar refractivity (Wildman–Crippen MR) is 121 cm³/mol. The molecule has 3 rings (SSSR count). The van der Waals surface area contributed by atoms with E-state index < -0.39 is 6.04 Å². The number of carbonyl (C=O) groups is 2. The summed E-state index contributed by atoms with van der Waals surface area (Å²) in [6, 6.07) is 15.6. The van der Waals surface area contributed by atoms with Crippen molar-refractivity contribution in [1.82, 2.24) is 20.4 Å². The van der Waals surface area contributed by atoms with Gasteiger partial charge in [0.05, 0.1) is 11.9 Å². The number of rotatable bonds is 9. The standard InChI is InChI=1S/C22H23ClN4O2S/c1-30-12-11-20(26-21(28)17-5-3-2-4-6-17)22(29)24-13-16-14-25-27(15-16)19-9-7-18(23)8-10-19/h2-10,14-15,20H,11-13H2,1H3,(H,24,29)(H,26,28). The molecule has 156 valence electrons. The highest BCUT2D eigenvalue weighted by molar-refractivity contribution is 7.98. The molecular formula is C22H23ClN4O2S. The van der Waals surface area contributed by atoms with Gasteiger partial charge < -0.3 is 10.6 Å². The molecule has 8 heteroatoms. The topological polar surface area (TPSA) is 76.0 Å². The molecule has 3 aromatic rings. The van der Waals surface area contributed by atoms with E-state index in [-0.39, 0.29) is 11.8 Å². The molecule has 0 aliphatic heterocycles. The van der Waals surface area contributed by atoms with Crippen LogP contribution in [-0.4, -0.2) is 39.6 Å². The van der Waals surface area contributed by atoms with E-state index in [9.17, 15) is 9.59 Å². The van der Waals surface area contributed by atoms with Gasteiger partial charge in [0.1, 0.15) is 6.04 Å². The molecule has 30 heavy (non-hydrogen) atoms. The molecule has 0 aliphatic rings. The van der Waals surface area contributed by atoms with Crippen LogP contribution in [0, 0.1) is 0 Å². The molecule has 0 saturated heterocycles. The molecule has 1 aromatic heterocycles. The Balaban J connectivity index is 1.60. The molecule has 0 aliphatic carbocycles. The number of amides is 2. The molecule has 0 saturated carbocycles. The lowest BCUT2D eigenvalue weighted by molar-refractivity contribution is -0.123. The summed E-state index contributed by atoms with van der Waals surface area (Å²) < 4.78 is 1.72. The molecule has 0 bridgehead atoms. The smallest absolute Gasteiger partial charge is 0.251 e. The second-order valence-corrected chi connectivity index (χ2v) is 8.08. The first-order valence-corrected chi connectivity index (χ1v) is 11.3. The Morgan fingerprint density at radius 1 is 1.13 bits per heavy atom. The lowest BCUT2D eigenvalue weighted by Crippen LogP contribution is -2.46. The summed E-state index contributed by atoms with van der Waals surface area (Å²) in [5.41, 5.74) is 2.27. The largest absolute Gasteiger partial charge is 0.350 e. The number of aromatic nitrogens is 2. The highest BCUT2D eigenvalue weighted by Gasteiger charge is 2.21. The first kappa shape index (κ1) is 21.9. The zero-order valence-electron chi connectivity index (χ0n) is 16.5. The van der Waals surface area contributed by atoms with E-state index in [0.29, 0.717) is 23.6 Å². The summed E-state index contributed by atoms with van der Waals surface area (Å²) in [4.78, 5) is 25.2. The normalized spacial score (nSPS) is 11.7. The minimum atomic E-state index is -0.600. The van der Waals surface area contributed by atoms with Crippen molar-refractivity contribution in [3.05, 3.63) is 83.1 Å². The lowest BCUT2D eigenvalue weighted by atomic mass is 10.1. The lowest BCUT2D eigenvalue weighted by Gasteiger charge is -2.18. The van der Waals surface area contributed by atoms with Gasteiger partial charge in [0.2, 0.25) is 5.91 Å². The number of hydrogen-bond acceptors (Lipinski definition) is 4. The maximum atomic E-state index is 12.7. The Kier molecular flexibility index (Phi) is 7.93. The van der Waals surface area contributed by atoms with E-state index in [1.165, 1.54) is 0 Å². The summed E-state index contributed by atoms with van der Waals surface area (Å²) in [5, 5.41) is 10.7. The fourth-order valence-corrected chi connectivity index (χ4v) is 3.43. The maximum Gasteiger partial charge on any atom is 0.251 e. The van der Waals surface area contributed by atoms with Crippen molar-refractivity contribution in [2.75, 3.05) is 12.0 Å². The molecule has 2 amide bonds. The Morgan fingerprint density at radius 3 is 2.57 bits per heavy atom. The second-order valence-electron chi connectivity index (χ2n) is 6.66. The van der Waals surface area contributed by atoms with Gasteiger partial charge in [-0.1, -0.05) is 29.8 Å². The van der Waals surface area contributed by atoms with Crippen LogP contribution in [0.3, 0.4) is 0 Å². The van der Waals surface area contributed by atoms with Gasteiger partial charge >= 0.3 is 0 Å². The van der Waals surface area contributed by atoms with Crippen molar-refractivity contribution < 1.29 is 9.59 Å². The molecule has 1 atom stereocenters. The Bertz CT molecular complexity index is 976. The van der Waals surface area contributed by atoms with Crippen molar-refractivity contribution in [3.63, 3.8) is 0 Å². The average Bonchev–Trinajstić information content (AvgIpc) is 3.25. The summed E-state index contributed by atoms with van der Waals surface area (Å²) in [5.74, 6) is 0.293. The van der Waals surface area contributed by atoms with E-state index in [0.717, 1.165) is 17.0 Å². The highest BCUT2D eigenvalue weighted by atomic mass is 35.5. The highest BCUT2D eigenvalue weighted by Crippen LogP contribution is 2.13. The molecule has 0 radical (unpaired) electrons. The molecule has 0 spiro atoms. The second kappa shape index (κ2) is 10.8. The third kappa shape index (κ3) is 6.11. The maximum absolute atomic E-state index is 12.7. The fraction of sp³-hybridized carbons (Fsp3) is 0.227. The van der Waals surface area contributed by atoms with Crippen molar-refractivity contribution in [3.8, 4) is 5.69 Å². The first-order chi connectivity index (χ1) is 14.6. The SMILES string of the molecule is CSCCC(NC(=O)c1ccccc1)C(=O)NCc1cnn(-c2ccc(Cl)cc2)c1. The molecule has 2 N–H and O–H groups in total. The zero-order chi connectivity index (χ0) is 21.3. The van der Waals surface area contributed by atoms with Gasteiger partial charge in [-0.05, 0) is 54.8 Å². The number of nitrogens with one attached hydrogen (secondary N) is 2. The van der Waals surface area contributed by atoms with Crippen molar-refractivity contribution in [2.24, 2.45) is 0 Å². The van der Waals surface area contributed by atoms with Gasteiger partial charge in [-0.25, -0.2) is 4.68 Å². The van der Waals surface area contributed by atoms with Crippen LogP contribution < -0.4 is 10.6 Å². The fourth-order valence-electron chi connectivity index (χ4n) is 2.83. The van der Waals surface area contributed by atoms with E-state index in [1.54, 1.807) is 59.0 Å². The minimum absolute atomic E-state index is 0.215. The van der Waals surface area contributed by atoms with Gasteiger partial charge in [0.15, 0.2) is 0 Å². The van der Waals surface area contributed by atoms with Crippen LogP contribution in [0.25, 0.3) is 5.69 Å². The number of thioether (sulfide) groups is 1. The summed E-state index contributed by atoms with van der Waals surface area (Å²) >= 11 is 7.55. The summed E-state index contributed by atoms with van der Waals surface area (Å²) in [7, 11) is 0. The van der Waals surface area contributed by atoms with E-state index in [2.05, 4.69) is 15.7 Å². The van der Waals surface area contributed by atoms with E-state index in [1.807, 2.05) is 30.7 Å². The van der Waals surface area contributed by atoms with Crippen LogP contribution in [0.15, 0.2) is 67.0 Å². The number of carbonyl (C=O) groups excluding carboxylic acids is 2. The number of hydrogen-bond donors (Lipinski definition) is 2. The molecule has 1 heterocycles. The third-order valence-corrected chi connectivity index (χ3v) is 5.36. The van der Waals surface area contributed by atoms with Crippen molar-refractivity contribution >= 4 is 35.2 Å². The van der Waals surface area contributed by atoms with Gasteiger partial charge in [-0.15, -0.1) is 0 Å². The minimum Gasteiger partial charge on any atom is -0.350 e. The number of benzene rings is 2.